The minimum absolute atomic E-state index is 0.00829. The first-order chi connectivity index (χ1) is 15.6. The van der Waals surface area contributed by atoms with Crippen LogP contribution in [0, 0.1) is 12.8 Å². The van der Waals surface area contributed by atoms with Crippen molar-refractivity contribution in [2.75, 3.05) is 46.4 Å². The molecule has 174 valence electrons. The zero-order valence-electron chi connectivity index (χ0n) is 17.9. The van der Waals surface area contributed by atoms with Crippen molar-refractivity contribution < 1.29 is 27.2 Å². The summed E-state index contributed by atoms with van der Waals surface area (Å²) in [6.07, 6.45) is 1.60. The molecule has 10 heteroatoms. The Morgan fingerprint density at radius 2 is 1.78 bits per heavy atom. The molecule has 0 aliphatic carbocycles. The van der Waals surface area contributed by atoms with E-state index >= 15 is 0 Å². The quantitative estimate of drug-likeness (QED) is 0.365. The van der Waals surface area contributed by atoms with Gasteiger partial charge in [-0.25, -0.2) is 13.8 Å². The van der Waals surface area contributed by atoms with E-state index in [0.717, 1.165) is 16.6 Å². The fraction of sp³-hybridized carbons (Fsp3) is 0.455. The van der Waals surface area contributed by atoms with Crippen molar-refractivity contribution in [2.45, 2.75) is 17.8 Å². The van der Waals surface area contributed by atoms with Crippen LogP contribution in [-0.4, -0.2) is 65.5 Å². The molecule has 0 spiro atoms. The van der Waals surface area contributed by atoms with Crippen molar-refractivity contribution in [3.05, 3.63) is 47.8 Å². The molecule has 0 bridgehead atoms. The summed E-state index contributed by atoms with van der Waals surface area (Å²) in [5.74, 6) is 0.595. The van der Waals surface area contributed by atoms with E-state index in [1.807, 2.05) is 31.2 Å². The molecule has 0 saturated carbocycles. The standard InChI is InChI=1S/C22H27F2N3O4S/c1-16-20(15-32(28)22-26-18-4-2-3-5-19(18)27-22)25-9-6-21(16)31-14-17(12-29-10-7-23)13-30-11-8-24/h2-6,9,17H,7-8,10-15H2,1H3,(H,26,27). The van der Waals surface area contributed by atoms with Gasteiger partial charge in [-0.05, 0) is 25.1 Å². The predicted octanol–water partition coefficient (Wildman–Crippen LogP) is 3.54. The molecule has 0 saturated heterocycles. The van der Waals surface area contributed by atoms with Gasteiger partial charge in [0.05, 0.1) is 66.3 Å². The Morgan fingerprint density at radius 1 is 1.06 bits per heavy atom. The lowest BCUT2D eigenvalue weighted by Crippen LogP contribution is -2.24. The van der Waals surface area contributed by atoms with Gasteiger partial charge in [0.15, 0.2) is 5.16 Å². The Balaban J connectivity index is 1.63. The molecular formula is C22H27F2N3O4S. The maximum atomic E-state index is 12.8. The van der Waals surface area contributed by atoms with E-state index in [4.69, 9.17) is 14.2 Å². The summed E-state index contributed by atoms with van der Waals surface area (Å²) in [4.78, 5) is 11.8. The molecule has 0 amide bonds. The molecule has 2 heterocycles. The molecular weight excluding hydrogens is 440 g/mol. The number of aromatic nitrogens is 3. The van der Waals surface area contributed by atoms with Crippen LogP contribution in [0.1, 0.15) is 11.3 Å². The maximum Gasteiger partial charge on any atom is 0.197 e. The highest BCUT2D eigenvalue weighted by Gasteiger charge is 2.16. The van der Waals surface area contributed by atoms with Crippen molar-refractivity contribution in [3.63, 3.8) is 0 Å². The molecule has 7 nitrogen and oxygen atoms in total. The lowest BCUT2D eigenvalue weighted by atomic mass is 10.2. The first-order valence-electron chi connectivity index (χ1n) is 10.3. The smallest absolute Gasteiger partial charge is 0.197 e. The number of para-hydroxylation sites is 2. The molecule has 32 heavy (non-hydrogen) atoms. The number of H-pyrrole nitrogens is 1. The van der Waals surface area contributed by atoms with E-state index in [2.05, 4.69) is 15.0 Å². The van der Waals surface area contributed by atoms with Crippen LogP contribution in [0.15, 0.2) is 41.7 Å². The van der Waals surface area contributed by atoms with Crippen LogP contribution in [0.2, 0.25) is 0 Å². The first kappa shape index (κ1) is 24.2. The van der Waals surface area contributed by atoms with Gasteiger partial charge >= 0.3 is 0 Å². The van der Waals surface area contributed by atoms with Crippen LogP contribution in [0.25, 0.3) is 11.0 Å². The van der Waals surface area contributed by atoms with Crippen LogP contribution >= 0.6 is 0 Å². The van der Waals surface area contributed by atoms with Crippen molar-refractivity contribution in [2.24, 2.45) is 5.92 Å². The maximum absolute atomic E-state index is 12.8. The summed E-state index contributed by atoms with van der Waals surface area (Å²) in [6.45, 7) is 1.41. The Bertz CT molecular complexity index is 975. The van der Waals surface area contributed by atoms with E-state index in [9.17, 15) is 13.0 Å². The van der Waals surface area contributed by atoms with E-state index in [-0.39, 0.29) is 44.7 Å². The summed E-state index contributed by atoms with van der Waals surface area (Å²) in [6, 6.07) is 9.23. The number of benzene rings is 1. The number of fused-ring (bicyclic) bond motifs is 1. The van der Waals surface area contributed by atoms with Gasteiger partial charge in [-0.15, -0.1) is 0 Å². The number of aromatic amines is 1. The summed E-state index contributed by atoms with van der Waals surface area (Å²) >= 11 is 0. The number of ether oxygens (including phenoxy) is 3. The molecule has 0 fully saturated rings. The van der Waals surface area contributed by atoms with Crippen LogP contribution in [0.3, 0.4) is 0 Å². The predicted molar refractivity (Wildman–Crippen MR) is 118 cm³/mol. The highest BCUT2D eigenvalue weighted by Crippen LogP contribution is 2.23. The molecule has 0 radical (unpaired) electrons. The normalized spacial score (nSPS) is 12.5. The minimum atomic E-state index is -1.40. The van der Waals surface area contributed by atoms with Crippen LogP contribution in [-0.2, 0) is 26.0 Å². The van der Waals surface area contributed by atoms with Gasteiger partial charge in [-0.1, -0.05) is 12.1 Å². The third kappa shape index (κ3) is 6.78. The zero-order valence-corrected chi connectivity index (χ0v) is 18.7. The molecule has 1 unspecified atom stereocenters. The Labute approximate surface area is 188 Å². The van der Waals surface area contributed by atoms with Gasteiger partial charge in [-0.3, -0.25) is 9.19 Å². The molecule has 1 N–H and O–H groups in total. The monoisotopic (exact) mass is 467 g/mol. The van der Waals surface area contributed by atoms with E-state index in [1.165, 1.54) is 0 Å². The number of imidazole rings is 1. The molecule has 3 rings (SSSR count). The molecule has 2 aromatic heterocycles. The third-order valence-electron chi connectivity index (χ3n) is 4.73. The van der Waals surface area contributed by atoms with Crippen molar-refractivity contribution in [3.8, 4) is 5.75 Å². The number of alkyl halides is 2. The number of pyridine rings is 1. The SMILES string of the molecule is Cc1c(OCC(COCCF)COCCF)ccnc1CS(=O)c1nc2ccccc2[nH]1. The molecule has 0 aliphatic rings. The van der Waals surface area contributed by atoms with Gasteiger partial charge in [0.1, 0.15) is 19.1 Å². The molecule has 3 aromatic rings. The molecule has 1 atom stereocenters. The van der Waals surface area contributed by atoms with Crippen molar-refractivity contribution in [1.82, 2.24) is 15.0 Å². The van der Waals surface area contributed by atoms with Crippen LogP contribution in [0.5, 0.6) is 5.75 Å². The Hall–Kier alpha value is -2.43. The number of nitrogens with zero attached hydrogens (tertiary/aromatic N) is 2. The number of halogens is 2. The number of hydrogen-bond donors (Lipinski definition) is 1. The average Bonchev–Trinajstić information content (AvgIpc) is 3.24. The van der Waals surface area contributed by atoms with E-state index < -0.39 is 24.1 Å². The average molecular weight is 468 g/mol. The number of rotatable bonds is 14. The second-order valence-electron chi connectivity index (χ2n) is 7.13. The van der Waals surface area contributed by atoms with E-state index in [0.29, 0.717) is 16.6 Å². The summed E-state index contributed by atoms with van der Waals surface area (Å²) in [5.41, 5.74) is 2.99. The Morgan fingerprint density at radius 3 is 2.47 bits per heavy atom. The molecule has 1 aromatic carbocycles. The van der Waals surface area contributed by atoms with Gasteiger partial charge < -0.3 is 19.2 Å². The Kier molecular flexibility index (Phi) is 9.51. The lowest BCUT2D eigenvalue weighted by Gasteiger charge is -2.19. The lowest BCUT2D eigenvalue weighted by molar-refractivity contribution is 0.0141. The summed E-state index contributed by atoms with van der Waals surface area (Å²) in [5, 5.41) is 0.397. The van der Waals surface area contributed by atoms with Crippen molar-refractivity contribution >= 4 is 21.8 Å². The van der Waals surface area contributed by atoms with Crippen LogP contribution < -0.4 is 4.74 Å². The second-order valence-corrected chi connectivity index (χ2v) is 8.50. The highest BCUT2D eigenvalue weighted by atomic mass is 32.2. The topological polar surface area (TPSA) is 86.3 Å². The van der Waals surface area contributed by atoms with Crippen molar-refractivity contribution in [1.29, 1.82) is 0 Å². The second kappa shape index (κ2) is 12.6. The van der Waals surface area contributed by atoms with Gasteiger partial charge in [0.25, 0.3) is 0 Å². The summed E-state index contributed by atoms with van der Waals surface area (Å²) in [7, 11) is -1.40. The third-order valence-corrected chi connectivity index (χ3v) is 5.89. The molecule has 0 aliphatic heterocycles. The highest BCUT2D eigenvalue weighted by molar-refractivity contribution is 7.84. The van der Waals surface area contributed by atoms with Gasteiger partial charge in [0.2, 0.25) is 0 Å². The number of hydrogen-bond acceptors (Lipinski definition) is 6. The minimum Gasteiger partial charge on any atom is -0.493 e. The largest absolute Gasteiger partial charge is 0.493 e. The fourth-order valence-corrected chi connectivity index (χ4v) is 4.15. The van der Waals surface area contributed by atoms with Gasteiger partial charge in [-0.2, -0.15) is 0 Å². The fourth-order valence-electron chi connectivity index (χ4n) is 3.05. The first-order valence-corrected chi connectivity index (χ1v) is 11.6. The van der Waals surface area contributed by atoms with E-state index in [1.54, 1.807) is 12.3 Å². The van der Waals surface area contributed by atoms with Gasteiger partial charge in [0, 0.05) is 17.7 Å². The zero-order chi connectivity index (χ0) is 22.8. The number of nitrogens with one attached hydrogen (secondary N) is 1. The summed E-state index contributed by atoms with van der Waals surface area (Å²) < 4.78 is 53.9. The van der Waals surface area contributed by atoms with Crippen LogP contribution in [0.4, 0.5) is 8.78 Å².